The molecule has 0 spiro atoms. The van der Waals surface area contributed by atoms with Gasteiger partial charge in [-0.25, -0.2) is 9.97 Å². The van der Waals surface area contributed by atoms with Crippen LogP contribution in [0.5, 0.6) is 0 Å². The van der Waals surface area contributed by atoms with E-state index in [0.29, 0.717) is 5.82 Å². The maximum atomic E-state index is 6.11. The Kier molecular flexibility index (Phi) is 9.11. The van der Waals surface area contributed by atoms with Gasteiger partial charge >= 0.3 is 0 Å². The lowest BCUT2D eigenvalue weighted by Crippen LogP contribution is -2.28. The molecule has 13 aromatic rings. The monoisotopic (exact) mass is 890 g/mol. The van der Waals surface area contributed by atoms with Crippen LogP contribution in [0.3, 0.4) is 0 Å². The van der Waals surface area contributed by atoms with Gasteiger partial charge in [-0.1, -0.05) is 212 Å². The van der Waals surface area contributed by atoms with Crippen molar-refractivity contribution < 1.29 is 4.42 Å². The molecule has 2 heterocycles. The molecule has 0 amide bonds. The molecule has 0 unspecified atom stereocenters. The molecule has 70 heavy (non-hydrogen) atoms. The van der Waals surface area contributed by atoms with Crippen molar-refractivity contribution in [1.29, 1.82) is 0 Å². The van der Waals surface area contributed by atoms with Gasteiger partial charge < -0.3 is 4.42 Å². The summed E-state index contributed by atoms with van der Waals surface area (Å²) in [4.78, 5) is 10.5. The predicted molar refractivity (Wildman–Crippen MR) is 289 cm³/mol. The van der Waals surface area contributed by atoms with Gasteiger partial charge in [0.2, 0.25) is 0 Å². The zero-order chi connectivity index (χ0) is 46.2. The Labute approximate surface area is 405 Å². The minimum atomic E-state index is -0.460. The van der Waals surface area contributed by atoms with Gasteiger partial charge in [-0.3, -0.25) is 0 Å². The van der Waals surface area contributed by atoms with Crippen LogP contribution in [-0.2, 0) is 5.41 Å². The highest BCUT2D eigenvalue weighted by atomic mass is 16.3. The van der Waals surface area contributed by atoms with Crippen LogP contribution in [0.15, 0.2) is 259 Å². The number of para-hydroxylation sites is 1. The smallest absolute Gasteiger partial charge is 0.160 e. The van der Waals surface area contributed by atoms with E-state index >= 15 is 0 Å². The van der Waals surface area contributed by atoms with Gasteiger partial charge in [0.05, 0.1) is 16.8 Å². The van der Waals surface area contributed by atoms with Crippen LogP contribution in [0, 0.1) is 0 Å². The zero-order valence-electron chi connectivity index (χ0n) is 38.1. The van der Waals surface area contributed by atoms with Gasteiger partial charge in [0.15, 0.2) is 5.82 Å². The van der Waals surface area contributed by atoms with E-state index in [-0.39, 0.29) is 0 Å². The average molecular weight is 891 g/mol. The lowest BCUT2D eigenvalue weighted by molar-refractivity contribution is 0.669. The minimum Gasteiger partial charge on any atom is -0.456 e. The fourth-order valence-corrected chi connectivity index (χ4v) is 11.2. The summed E-state index contributed by atoms with van der Waals surface area (Å²) < 4.78 is 6.11. The first kappa shape index (κ1) is 39.9. The van der Waals surface area contributed by atoms with E-state index in [1.807, 2.05) is 30.3 Å². The lowest BCUT2D eigenvalue weighted by Gasteiger charge is -2.33. The molecule has 0 atom stereocenters. The molecule has 0 radical (unpaired) electrons. The maximum absolute atomic E-state index is 6.11. The molecule has 326 valence electrons. The normalized spacial score (nSPS) is 12.7. The molecule has 0 aliphatic heterocycles. The summed E-state index contributed by atoms with van der Waals surface area (Å²) in [5.74, 6) is 0.697. The van der Waals surface area contributed by atoms with Gasteiger partial charge in [-0.2, -0.15) is 0 Å². The van der Waals surface area contributed by atoms with Crippen LogP contribution in [0.1, 0.15) is 22.3 Å². The number of aromatic nitrogens is 2. The van der Waals surface area contributed by atoms with Crippen molar-refractivity contribution >= 4 is 43.5 Å². The summed E-state index contributed by atoms with van der Waals surface area (Å²) in [5.41, 5.74) is 18.4. The number of rotatable bonds is 7. The summed E-state index contributed by atoms with van der Waals surface area (Å²) in [6.07, 6.45) is 0. The van der Waals surface area contributed by atoms with E-state index in [4.69, 9.17) is 14.4 Å². The molecule has 0 saturated heterocycles. The quantitative estimate of drug-likeness (QED) is 0.150. The molecule has 1 aliphatic carbocycles. The Morgan fingerprint density at radius 1 is 0.286 bits per heavy atom. The highest BCUT2D eigenvalue weighted by Gasteiger charge is 2.46. The second kappa shape index (κ2) is 16.0. The Morgan fingerprint density at radius 2 is 0.800 bits per heavy atom. The van der Waals surface area contributed by atoms with E-state index in [0.717, 1.165) is 55.6 Å². The fraction of sp³-hybridized carbons (Fsp3) is 0.0149. The van der Waals surface area contributed by atoms with Crippen molar-refractivity contribution in [2.24, 2.45) is 0 Å². The van der Waals surface area contributed by atoms with Crippen molar-refractivity contribution in [3.63, 3.8) is 0 Å². The van der Waals surface area contributed by atoms with Crippen molar-refractivity contribution in [3.8, 4) is 67.3 Å². The second-order valence-corrected chi connectivity index (χ2v) is 18.4. The number of hydrogen-bond donors (Lipinski definition) is 0. The van der Waals surface area contributed by atoms with Gasteiger partial charge in [-0.05, 0) is 120 Å². The number of hydrogen-bond acceptors (Lipinski definition) is 3. The molecule has 14 rings (SSSR count). The first-order chi connectivity index (χ1) is 34.7. The fourth-order valence-electron chi connectivity index (χ4n) is 11.2. The standard InChI is InChI=1S/C67H42N2O/c1-4-14-45(15-5-1)66-68-62(42-63(69-66)51-32-36-61-58(41-51)56-20-10-12-22-60(56)67(61,52-16-6-2-7-17-52)53-18-8-3-9-19-53)44-26-24-43(25-27-44)46-30-34-54-49(38-46)28-29-50-39-47(31-35-55(50)54)48-33-37-65-59(40-48)57-21-11-13-23-64(57)70-65/h1-42H. The average Bonchev–Trinajstić information content (AvgIpc) is 3.96. The maximum Gasteiger partial charge on any atom is 0.160 e. The van der Waals surface area contributed by atoms with E-state index < -0.39 is 5.41 Å². The van der Waals surface area contributed by atoms with Crippen LogP contribution < -0.4 is 0 Å². The SMILES string of the molecule is c1ccc(-c2nc(-c3ccc(-c4ccc5c(ccc6cc(-c7ccc8oc9ccccc9c8c7)ccc65)c4)cc3)cc(-c3ccc4c(c3)-c3ccccc3C4(c3ccccc3)c3ccccc3)n2)cc1. The zero-order valence-corrected chi connectivity index (χ0v) is 38.1. The van der Waals surface area contributed by atoms with Gasteiger partial charge in [0, 0.05) is 27.5 Å². The van der Waals surface area contributed by atoms with E-state index in [1.165, 1.54) is 71.6 Å². The predicted octanol–water partition coefficient (Wildman–Crippen LogP) is 17.4. The summed E-state index contributed by atoms with van der Waals surface area (Å²) in [5, 5.41) is 7.19. The van der Waals surface area contributed by atoms with Gasteiger partial charge in [0.1, 0.15) is 11.2 Å². The second-order valence-electron chi connectivity index (χ2n) is 18.4. The third kappa shape index (κ3) is 6.36. The highest BCUT2D eigenvalue weighted by Crippen LogP contribution is 2.56. The number of nitrogens with zero attached hydrogens (tertiary/aromatic N) is 2. The first-order valence-electron chi connectivity index (χ1n) is 24.0. The first-order valence-corrected chi connectivity index (χ1v) is 24.0. The molecule has 0 saturated carbocycles. The highest BCUT2D eigenvalue weighted by molar-refractivity contribution is 6.10. The molecular weight excluding hydrogens is 849 g/mol. The summed E-state index contributed by atoms with van der Waals surface area (Å²) >= 11 is 0. The third-order valence-electron chi connectivity index (χ3n) is 14.6. The number of fused-ring (bicyclic) bond motifs is 9. The third-order valence-corrected chi connectivity index (χ3v) is 14.6. The summed E-state index contributed by atoms with van der Waals surface area (Å²) in [6, 6.07) is 91.9. The molecule has 2 aromatic heterocycles. The van der Waals surface area contributed by atoms with Crippen molar-refractivity contribution in [3.05, 3.63) is 277 Å². The number of furan rings is 1. The largest absolute Gasteiger partial charge is 0.456 e. The van der Waals surface area contributed by atoms with E-state index in [9.17, 15) is 0 Å². The Bertz CT molecular complexity index is 4120. The van der Waals surface area contributed by atoms with Crippen molar-refractivity contribution in [2.45, 2.75) is 5.41 Å². The molecule has 0 N–H and O–H groups in total. The summed E-state index contributed by atoms with van der Waals surface area (Å²) in [7, 11) is 0. The van der Waals surface area contributed by atoms with Gasteiger partial charge in [0.25, 0.3) is 0 Å². The van der Waals surface area contributed by atoms with Crippen molar-refractivity contribution in [2.75, 3.05) is 0 Å². The Balaban J connectivity index is 0.816. The minimum absolute atomic E-state index is 0.460. The van der Waals surface area contributed by atoms with Crippen molar-refractivity contribution in [1.82, 2.24) is 9.97 Å². The Hall–Kier alpha value is -9.18. The number of benzene rings is 11. The van der Waals surface area contributed by atoms with Crippen LogP contribution in [0.25, 0.3) is 111 Å². The van der Waals surface area contributed by atoms with E-state index in [1.54, 1.807) is 0 Å². The molecule has 0 fully saturated rings. The molecular formula is C67H42N2O. The van der Waals surface area contributed by atoms with Crippen LogP contribution in [-0.4, -0.2) is 9.97 Å². The molecule has 3 nitrogen and oxygen atoms in total. The molecule has 0 bridgehead atoms. The van der Waals surface area contributed by atoms with Crippen LogP contribution in [0.4, 0.5) is 0 Å². The molecule has 11 aromatic carbocycles. The van der Waals surface area contributed by atoms with E-state index in [2.05, 4.69) is 224 Å². The van der Waals surface area contributed by atoms with Crippen LogP contribution in [0.2, 0.25) is 0 Å². The van der Waals surface area contributed by atoms with Gasteiger partial charge in [-0.15, -0.1) is 0 Å². The topological polar surface area (TPSA) is 38.9 Å². The summed E-state index contributed by atoms with van der Waals surface area (Å²) in [6.45, 7) is 0. The molecule has 3 heteroatoms. The van der Waals surface area contributed by atoms with Crippen LogP contribution >= 0.6 is 0 Å². The Morgan fingerprint density at radius 3 is 1.51 bits per heavy atom. The molecule has 1 aliphatic rings. The lowest BCUT2D eigenvalue weighted by atomic mass is 9.67.